The summed E-state index contributed by atoms with van der Waals surface area (Å²) < 4.78 is 10.5. The molecule has 6 nitrogen and oxygen atoms in total. The number of nitrogens with one attached hydrogen (secondary N) is 1. The molecule has 1 rings (SSSR count). The Labute approximate surface area is 118 Å². The Balaban J connectivity index is 2.89. The third kappa shape index (κ3) is 3.88. The van der Waals surface area contributed by atoms with E-state index in [0.29, 0.717) is 18.9 Å². The number of nitrogen functional groups attached to an aromatic ring is 1. The lowest BCUT2D eigenvalue weighted by atomic mass is 10.1. The fraction of sp³-hybridized carbons (Fsp3) is 0.429. The first kappa shape index (κ1) is 15.8. The number of hydrogen-bond donors (Lipinski definition) is 2. The van der Waals surface area contributed by atoms with Gasteiger partial charge in [-0.05, 0) is 32.9 Å². The van der Waals surface area contributed by atoms with Gasteiger partial charge in [0.15, 0.2) is 6.10 Å². The molecule has 0 bridgehead atoms. The third-order valence-electron chi connectivity index (χ3n) is 2.57. The fourth-order valence-corrected chi connectivity index (χ4v) is 1.63. The number of rotatable bonds is 6. The number of esters is 1. The second-order valence-electron chi connectivity index (χ2n) is 4.10. The van der Waals surface area contributed by atoms with Crippen molar-refractivity contribution in [2.24, 2.45) is 0 Å². The van der Waals surface area contributed by atoms with Crippen molar-refractivity contribution in [3.05, 3.63) is 23.8 Å². The van der Waals surface area contributed by atoms with Crippen LogP contribution >= 0.6 is 0 Å². The molecule has 0 saturated heterocycles. The Morgan fingerprint density at radius 1 is 1.35 bits per heavy atom. The van der Waals surface area contributed by atoms with Crippen LogP contribution in [0.4, 0.5) is 5.69 Å². The van der Waals surface area contributed by atoms with Crippen molar-refractivity contribution in [2.45, 2.75) is 26.9 Å². The zero-order valence-electron chi connectivity index (χ0n) is 11.9. The molecule has 0 fully saturated rings. The molecular weight excluding hydrogens is 260 g/mol. The smallest absolute Gasteiger partial charge is 0.344 e. The topological polar surface area (TPSA) is 90.7 Å². The maximum Gasteiger partial charge on any atom is 0.344 e. The number of anilines is 1. The summed E-state index contributed by atoms with van der Waals surface area (Å²) in [5.41, 5.74) is 6.18. The van der Waals surface area contributed by atoms with E-state index in [0.717, 1.165) is 0 Å². The zero-order chi connectivity index (χ0) is 15.1. The molecule has 1 unspecified atom stereocenters. The summed E-state index contributed by atoms with van der Waals surface area (Å²) >= 11 is 0. The van der Waals surface area contributed by atoms with Gasteiger partial charge >= 0.3 is 5.97 Å². The largest absolute Gasteiger partial charge is 0.493 e. The molecule has 20 heavy (non-hydrogen) atoms. The van der Waals surface area contributed by atoms with Crippen LogP contribution in [0.2, 0.25) is 0 Å². The summed E-state index contributed by atoms with van der Waals surface area (Å²) in [5, 5.41) is 2.58. The molecule has 0 radical (unpaired) electrons. The summed E-state index contributed by atoms with van der Waals surface area (Å²) in [5.74, 6) is -0.681. The maximum atomic E-state index is 12.1. The van der Waals surface area contributed by atoms with Gasteiger partial charge in [0.2, 0.25) is 0 Å². The van der Waals surface area contributed by atoms with E-state index in [9.17, 15) is 9.59 Å². The van der Waals surface area contributed by atoms with Gasteiger partial charge in [-0.15, -0.1) is 0 Å². The van der Waals surface area contributed by atoms with E-state index < -0.39 is 12.1 Å². The minimum Gasteiger partial charge on any atom is -0.493 e. The lowest BCUT2D eigenvalue weighted by Crippen LogP contribution is -2.35. The van der Waals surface area contributed by atoms with Crippen LogP contribution in [-0.2, 0) is 9.53 Å². The first-order chi connectivity index (χ1) is 9.51. The van der Waals surface area contributed by atoms with Gasteiger partial charge in [-0.25, -0.2) is 4.79 Å². The van der Waals surface area contributed by atoms with Gasteiger partial charge in [0.25, 0.3) is 5.91 Å². The zero-order valence-corrected chi connectivity index (χ0v) is 11.9. The Morgan fingerprint density at radius 3 is 2.65 bits per heavy atom. The molecule has 0 heterocycles. The Morgan fingerprint density at radius 2 is 2.05 bits per heavy atom. The van der Waals surface area contributed by atoms with Crippen molar-refractivity contribution in [1.29, 1.82) is 0 Å². The van der Waals surface area contributed by atoms with Crippen molar-refractivity contribution in [2.75, 3.05) is 18.9 Å². The number of benzene rings is 1. The molecule has 0 spiro atoms. The molecule has 6 heteroatoms. The van der Waals surface area contributed by atoms with Crippen LogP contribution in [0.15, 0.2) is 18.2 Å². The quantitative estimate of drug-likeness (QED) is 0.606. The highest BCUT2D eigenvalue weighted by atomic mass is 16.5. The number of hydrogen-bond acceptors (Lipinski definition) is 5. The number of ether oxygens (including phenoxy) is 2. The summed E-state index contributed by atoms with van der Waals surface area (Å²) in [6.45, 7) is 5.96. The summed E-state index contributed by atoms with van der Waals surface area (Å²) in [4.78, 5) is 23.7. The average molecular weight is 280 g/mol. The van der Waals surface area contributed by atoms with Crippen LogP contribution in [0.1, 0.15) is 31.1 Å². The van der Waals surface area contributed by atoms with Gasteiger partial charge < -0.3 is 20.5 Å². The predicted molar refractivity (Wildman–Crippen MR) is 75.6 cm³/mol. The maximum absolute atomic E-state index is 12.1. The van der Waals surface area contributed by atoms with Crippen molar-refractivity contribution in [3.63, 3.8) is 0 Å². The van der Waals surface area contributed by atoms with E-state index in [1.54, 1.807) is 32.0 Å². The van der Waals surface area contributed by atoms with Crippen LogP contribution in [-0.4, -0.2) is 31.1 Å². The lowest BCUT2D eigenvalue weighted by Gasteiger charge is -2.15. The summed E-state index contributed by atoms with van der Waals surface area (Å²) in [6, 6.07) is 4.90. The molecule has 1 amide bonds. The highest BCUT2D eigenvalue weighted by Crippen LogP contribution is 2.25. The summed E-state index contributed by atoms with van der Waals surface area (Å²) in [7, 11) is 0. The second kappa shape index (κ2) is 7.37. The van der Waals surface area contributed by atoms with Gasteiger partial charge in [-0.2, -0.15) is 0 Å². The molecular formula is C14H20N2O4. The highest BCUT2D eigenvalue weighted by molar-refractivity contribution is 5.99. The van der Waals surface area contributed by atoms with Gasteiger partial charge in [-0.1, -0.05) is 6.07 Å². The number of amides is 1. The molecule has 1 aromatic carbocycles. The lowest BCUT2D eigenvalue weighted by molar-refractivity contribution is -0.128. The number of nitrogens with two attached hydrogens (primary N) is 1. The van der Waals surface area contributed by atoms with Crippen molar-refractivity contribution < 1.29 is 19.1 Å². The molecule has 1 atom stereocenters. The molecule has 0 aromatic heterocycles. The van der Waals surface area contributed by atoms with Gasteiger partial charge in [0, 0.05) is 12.2 Å². The minimum atomic E-state index is -0.892. The molecule has 0 saturated carbocycles. The Hall–Kier alpha value is -2.24. The second-order valence-corrected chi connectivity index (χ2v) is 4.10. The van der Waals surface area contributed by atoms with Crippen LogP contribution in [0.25, 0.3) is 0 Å². The van der Waals surface area contributed by atoms with E-state index in [4.69, 9.17) is 15.2 Å². The monoisotopic (exact) mass is 280 g/mol. The standard InChI is InChI=1S/C14H20N2O4/c1-4-16-13(17)9(3)20-14(18)12-10(15)7-6-8-11(12)19-5-2/h6-9H,4-5,15H2,1-3H3,(H,16,17). The Bertz CT molecular complexity index is 488. The van der Waals surface area contributed by atoms with Crippen LogP contribution in [0, 0.1) is 0 Å². The average Bonchev–Trinajstić information content (AvgIpc) is 2.39. The fourth-order valence-electron chi connectivity index (χ4n) is 1.63. The van der Waals surface area contributed by atoms with Crippen LogP contribution in [0.5, 0.6) is 5.75 Å². The van der Waals surface area contributed by atoms with E-state index in [-0.39, 0.29) is 17.2 Å². The van der Waals surface area contributed by atoms with Crippen LogP contribution < -0.4 is 15.8 Å². The minimum absolute atomic E-state index is 0.144. The van der Waals surface area contributed by atoms with Crippen molar-refractivity contribution in [1.82, 2.24) is 5.32 Å². The van der Waals surface area contributed by atoms with Gasteiger partial charge in [0.05, 0.1) is 6.61 Å². The predicted octanol–water partition coefficient (Wildman–Crippen LogP) is 1.35. The number of likely N-dealkylation sites (N-methyl/N-ethyl adjacent to an activating group) is 1. The van der Waals surface area contributed by atoms with Crippen LogP contribution in [0.3, 0.4) is 0 Å². The molecule has 1 aromatic rings. The highest BCUT2D eigenvalue weighted by Gasteiger charge is 2.22. The first-order valence-corrected chi connectivity index (χ1v) is 6.51. The molecule has 110 valence electrons. The Kier molecular flexibility index (Phi) is 5.83. The normalized spacial score (nSPS) is 11.6. The molecule has 0 aliphatic carbocycles. The number of carbonyl (C=O) groups is 2. The van der Waals surface area contributed by atoms with Crippen molar-refractivity contribution >= 4 is 17.6 Å². The molecule has 3 N–H and O–H groups in total. The van der Waals surface area contributed by atoms with E-state index in [2.05, 4.69) is 5.32 Å². The molecule has 0 aliphatic rings. The summed E-state index contributed by atoms with van der Waals surface area (Å²) in [6.07, 6.45) is -0.892. The SMILES string of the molecule is CCNC(=O)C(C)OC(=O)c1c(N)cccc1OCC. The number of carbonyl (C=O) groups excluding carboxylic acids is 2. The van der Waals surface area contributed by atoms with E-state index in [1.807, 2.05) is 0 Å². The van der Waals surface area contributed by atoms with E-state index in [1.165, 1.54) is 6.92 Å². The van der Waals surface area contributed by atoms with Gasteiger partial charge in [-0.3, -0.25) is 4.79 Å². The van der Waals surface area contributed by atoms with E-state index >= 15 is 0 Å². The van der Waals surface area contributed by atoms with Crippen molar-refractivity contribution in [3.8, 4) is 5.75 Å². The third-order valence-corrected chi connectivity index (χ3v) is 2.57. The molecule has 0 aliphatic heterocycles. The first-order valence-electron chi connectivity index (χ1n) is 6.51. The van der Waals surface area contributed by atoms with Gasteiger partial charge in [0.1, 0.15) is 11.3 Å².